The first-order chi connectivity index (χ1) is 16.3. The van der Waals surface area contributed by atoms with E-state index in [2.05, 4.69) is 6.92 Å². The molecule has 4 rings (SSSR count). The summed E-state index contributed by atoms with van der Waals surface area (Å²) < 4.78 is 6.62. The predicted molar refractivity (Wildman–Crippen MR) is 128 cm³/mol. The van der Waals surface area contributed by atoms with E-state index in [4.69, 9.17) is 4.74 Å². The van der Waals surface area contributed by atoms with Crippen molar-refractivity contribution in [1.29, 1.82) is 0 Å². The van der Waals surface area contributed by atoms with Crippen molar-refractivity contribution >= 4 is 17.7 Å². The van der Waals surface area contributed by atoms with Crippen molar-refractivity contribution in [3.05, 3.63) is 24.3 Å². The van der Waals surface area contributed by atoms with Crippen molar-refractivity contribution in [1.82, 2.24) is 14.7 Å². The largest absolute Gasteiger partial charge is 0.394 e. The first kappa shape index (κ1) is 24.9. The van der Waals surface area contributed by atoms with Crippen LogP contribution < -0.4 is 0 Å². The predicted octanol–water partition coefficient (Wildman–Crippen LogP) is 1.59. The molecular weight excluding hydrogens is 434 g/mol. The Labute approximate surface area is 202 Å². The number of amides is 3. The quantitative estimate of drug-likeness (QED) is 0.541. The maximum Gasteiger partial charge on any atom is 0.249 e. The lowest BCUT2D eigenvalue weighted by Gasteiger charge is -2.39. The third kappa shape index (κ3) is 3.79. The number of nitrogens with zero attached hydrogens (tertiary/aromatic N) is 3. The van der Waals surface area contributed by atoms with Gasteiger partial charge in [-0.05, 0) is 18.8 Å². The minimum absolute atomic E-state index is 0.0638. The lowest BCUT2D eigenvalue weighted by Crippen LogP contribution is -2.59. The maximum absolute atomic E-state index is 14.1. The van der Waals surface area contributed by atoms with Crippen LogP contribution in [0.3, 0.4) is 0 Å². The van der Waals surface area contributed by atoms with Gasteiger partial charge in [0.2, 0.25) is 17.7 Å². The number of carbonyl (C=O) groups excluding carboxylic acids is 3. The molecular formula is C26H39N3O5. The molecule has 0 aromatic heterocycles. The van der Waals surface area contributed by atoms with E-state index >= 15 is 0 Å². The highest BCUT2D eigenvalue weighted by Gasteiger charge is 2.72. The van der Waals surface area contributed by atoms with Crippen molar-refractivity contribution < 1.29 is 24.2 Å². The molecule has 0 bridgehead atoms. The number of hydrogen-bond acceptors (Lipinski definition) is 5. The Balaban J connectivity index is 1.83. The number of aliphatic hydroxyl groups is 1. The summed E-state index contributed by atoms with van der Waals surface area (Å²) in [5, 5.41) is 10.3. The highest BCUT2D eigenvalue weighted by molar-refractivity contribution is 6.00. The minimum Gasteiger partial charge on any atom is -0.394 e. The Hall–Kier alpha value is -2.19. The number of unbranched alkanes of at least 4 members (excludes halogenated alkanes) is 1. The fourth-order valence-electron chi connectivity index (χ4n) is 6.17. The summed E-state index contributed by atoms with van der Waals surface area (Å²) in [5.74, 6) is -2.06. The van der Waals surface area contributed by atoms with Gasteiger partial charge in [0.15, 0.2) is 0 Å². The van der Waals surface area contributed by atoms with Crippen molar-refractivity contribution in [3.63, 3.8) is 0 Å². The first-order valence-electron chi connectivity index (χ1n) is 12.8. The van der Waals surface area contributed by atoms with Crippen LogP contribution in [0.25, 0.3) is 0 Å². The number of hydrogen-bond donors (Lipinski definition) is 1. The van der Waals surface area contributed by atoms with Gasteiger partial charge in [0.05, 0.1) is 30.6 Å². The summed E-state index contributed by atoms with van der Waals surface area (Å²) in [6.07, 6.45) is 9.71. The summed E-state index contributed by atoms with van der Waals surface area (Å²) in [7, 11) is 0. The van der Waals surface area contributed by atoms with Gasteiger partial charge in [-0.25, -0.2) is 0 Å². The maximum atomic E-state index is 14.1. The van der Waals surface area contributed by atoms with E-state index < -0.39 is 35.6 Å². The van der Waals surface area contributed by atoms with Crippen LogP contribution >= 0.6 is 0 Å². The molecule has 6 atom stereocenters. The molecule has 0 saturated carbocycles. The van der Waals surface area contributed by atoms with Gasteiger partial charge in [0, 0.05) is 26.2 Å². The van der Waals surface area contributed by atoms with Crippen LogP contribution in [0.4, 0.5) is 0 Å². The van der Waals surface area contributed by atoms with E-state index in [1.807, 2.05) is 45.1 Å². The molecule has 4 aliphatic rings. The van der Waals surface area contributed by atoms with Crippen LogP contribution in [0.5, 0.6) is 0 Å². The molecule has 34 heavy (non-hydrogen) atoms. The molecule has 8 nitrogen and oxygen atoms in total. The van der Waals surface area contributed by atoms with Crippen molar-refractivity contribution in [2.24, 2.45) is 17.8 Å². The summed E-state index contributed by atoms with van der Waals surface area (Å²) in [5.41, 5.74) is -1.22. The van der Waals surface area contributed by atoms with Crippen LogP contribution in [-0.4, -0.2) is 94.1 Å². The molecule has 2 fully saturated rings. The van der Waals surface area contributed by atoms with Crippen LogP contribution in [0, 0.1) is 17.8 Å². The van der Waals surface area contributed by atoms with Crippen molar-refractivity contribution in [3.8, 4) is 0 Å². The zero-order valence-electron chi connectivity index (χ0n) is 20.9. The summed E-state index contributed by atoms with van der Waals surface area (Å²) in [6.45, 7) is 9.87. The molecule has 4 heterocycles. The second kappa shape index (κ2) is 9.82. The van der Waals surface area contributed by atoms with E-state index in [0.29, 0.717) is 26.2 Å². The number of rotatable bonds is 8. The van der Waals surface area contributed by atoms with Crippen molar-refractivity contribution in [2.75, 3.05) is 32.8 Å². The number of aliphatic hydroxyl groups excluding tert-OH is 1. The highest BCUT2D eigenvalue weighted by atomic mass is 16.5. The second-order valence-corrected chi connectivity index (χ2v) is 10.3. The van der Waals surface area contributed by atoms with Gasteiger partial charge in [0.25, 0.3) is 0 Å². The molecule has 1 N–H and O–H groups in total. The van der Waals surface area contributed by atoms with Gasteiger partial charge >= 0.3 is 0 Å². The molecule has 0 aliphatic carbocycles. The van der Waals surface area contributed by atoms with Crippen molar-refractivity contribution in [2.45, 2.75) is 70.7 Å². The third-order valence-electron chi connectivity index (χ3n) is 7.85. The Bertz CT molecular complexity index is 870. The van der Waals surface area contributed by atoms with E-state index in [1.165, 1.54) is 0 Å². The highest BCUT2D eigenvalue weighted by Crippen LogP contribution is 2.54. The number of carbonyl (C=O) groups is 3. The normalized spacial score (nSPS) is 33.8. The summed E-state index contributed by atoms with van der Waals surface area (Å²) in [6, 6.07) is -1.43. The topological polar surface area (TPSA) is 90.4 Å². The fourth-order valence-corrected chi connectivity index (χ4v) is 6.17. The molecule has 1 spiro atoms. The SMILES string of the molecule is CCCCN1CC=C[C@]23O[C@H]4C=CCN(CCC)C(=O)[C@H]4[C@H]2C(=O)N([C@@H](CO)C(C)C)C3C1=O. The lowest BCUT2D eigenvalue weighted by atomic mass is 9.77. The molecule has 3 amide bonds. The molecule has 0 aromatic carbocycles. The Morgan fingerprint density at radius 3 is 2.38 bits per heavy atom. The van der Waals surface area contributed by atoms with Crippen LogP contribution in [-0.2, 0) is 19.1 Å². The number of fused-ring (bicyclic) bond motifs is 2. The monoisotopic (exact) mass is 473 g/mol. The van der Waals surface area contributed by atoms with Crippen LogP contribution in [0.15, 0.2) is 24.3 Å². The summed E-state index contributed by atoms with van der Waals surface area (Å²) in [4.78, 5) is 47.0. The number of ether oxygens (including phenoxy) is 1. The van der Waals surface area contributed by atoms with E-state index in [0.717, 1.165) is 19.3 Å². The van der Waals surface area contributed by atoms with E-state index in [-0.39, 0.29) is 30.2 Å². The van der Waals surface area contributed by atoms with Crippen LogP contribution in [0.1, 0.15) is 47.0 Å². The van der Waals surface area contributed by atoms with Gasteiger partial charge in [-0.15, -0.1) is 0 Å². The second-order valence-electron chi connectivity index (χ2n) is 10.3. The molecule has 2 saturated heterocycles. The van der Waals surface area contributed by atoms with Crippen LogP contribution in [0.2, 0.25) is 0 Å². The number of likely N-dealkylation sites (tertiary alicyclic amines) is 1. The Kier molecular flexibility index (Phi) is 7.20. The average Bonchev–Trinajstić information content (AvgIpc) is 3.12. The molecule has 0 aromatic rings. The molecule has 188 valence electrons. The fraction of sp³-hybridized carbons (Fsp3) is 0.731. The third-order valence-corrected chi connectivity index (χ3v) is 7.85. The zero-order chi connectivity index (χ0) is 24.6. The van der Waals surface area contributed by atoms with Gasteiger partial charge in [-0.3, -0.25) is 14.4 Å². The standard InChI is InChI=1S/C26H39N3O5/c1-5-7-13-28-15-9-11-26-21(20-19(34-26)10-8-14-27(12-6-2)23(20)31)24(32)29(22(26)25(28)33)18(16-30)17(3)4/h8-11,17-22,30H,5-7,12-16H2,1-4H3/t18-,19-,20+,21-,22?,26-/m0/s1. The molecule has 8 heteroatoms. The zero-order valence-corrected chi connectivity index (χ0v) is 20.9. The lowest BCUT2D eigenvalue weighted by molar-refractivity contribution is -0.152. The van der Waals surface area contributed by atoms with E-state index in [9.17, 15) is 19.5 Å². The van der Waals surface area contributed by atoms with Gasteiger partial charge in [-0.1, -0.05) is 58.4 Å². The van der Waals surface area contributed by atoms with Gasteiger partial charge < -0.3 is 24.5 Å². The Morgan fingerprint density at radius 1 is 1.03 bits per heavy atom. The van der Waals surface area contributed by atoms with E-state index in [1.54, 1.807) is 14.7 Å². The smallest absolute Gasteiger partial charge is 0.249 e. The van der Waals surface area contributed by atoms with Gasteiger partial charge in [0.1, 0.15) is 11.6 Å². The van der Waals surface area contributed by atoms with Gasteiger partial charge in [-0.2, -0.15) is 0 Å². The average molecular weight is 474 g/mol. The molecule has 0 radical (unpaired) electrons. The summed E-state index contributed by atoms with van der Waals surface area (Å²) >= 11 is 0. The minimum atomic E-state index is -1.22. The Morgan fingerprint density at radius 2 is 1.74 bits per heavy atom. The molecule has 1 unspecified atom stereocenters. The first-order valence-corrected chi connectivity index (χ1v) is 12.8. The molecule has 4 aliphatic heterocycles.